The number of primary amides is 1. The predicted molar refractivity (Wildman–Crippen MR) is 105 cm³/mol. The molecule has 0 radical (unpaired) electrons. The molecule has 6 N–H and O–H groups in total. The Morgan fingerprint density at radius 3 is 2.61 bits per heavy atom. The van der Waals surface area contributed by atoms with Gasteiger partial charge < -0.3 is 30.5 Å². The summed E-state index contributed by atoms with van der Waals surface area (Å²) in [6.07, 6.45) is -7.23. The molecule has 1 aliphatic heterocycles. The highest BCUT2D eigenvalue weighted by molar-refractivity contribution is 7.50. The van der Waals surface area contributed by atoms with Crippen LogP contribution in [0.3, 0.4) is 0 Å². The van der Waals surface area contributed by atoms with E-state index in [1.165, 1.54) is 7.05 Å². The maximum absolute atomic E-state index is 14.6. The Balaban J connectivity index is 2.14. The molecule has 33 heavy (non-hydrogen) atoms. The lowest BCUT2D eigenvalue weighted by Crippen LogP contribution is -2.45. The second-order valence-corrected chi connectivity index (χ2v) is 8.86. The van der Waals surface area contributed by atoms with Gasteiger partial charge in [0.1, 0.15) is 6.10 Å². The molecule has 0 aromatic carbocycles. The molecule has 1 aromatic heterocycles. The third kappa shape index (κ3) is 6.31. The highest BCUT2D eigenvalue weighted by Crippen LogP contribution is 2.45. The SMILES string of the molecule is CNC(=O)[C@@H](NP(=O)(O)OC[C@H]1O[C@@H](n2ccc(OC(N)=O)nc2=O)C(F)(F)[C@@H]1O)C(C)C. The molecule has 0 spiro atoms. The summed E-state index contributed by atoms with van der Waals surface area (Å²) in [6.45, 7) is 2.19. The first-order valence-corrected chi connectivity index (χ1v) is 11.0. The van der Waals surface area contributed by atoms with Crippen LogP contribution in [0.15, 0.2) is 17.1 Å². The number of aromatic nitrogens is 2. The quantitative estimate of drug-likeness (QED) is 0.263. The highest BCUT2D eigenvalue weighted by Gasteiger charge is 2.60. The van der Waals surface area contributed by atoms with Gasteiger partial charge in [0.25, 0.3) is 0 Å². The van der Waals surface area contributed by atoms with Crippen LogP contribution in [0.1, 0.15) is 20.1 Å². The number of alkyl halides is 2. The van der Waals surface area contributed by atoms with Crippen molar-refractivity contribution in [2.75, 3.05) is 13.7 Å². The monoisotopic (exact) mass is 499 g/mol. The molecule has 0 bridgehead atoms. The van der Waals surface area contributed by atoms with Crippen LogP contribution < -0.4 is 26.6 Å². The van der Waals surface area contributed by atoms with E-state index in [9.17, 15) is 37.7 Å². The summed E-state index contributed by atoms with van der Waals surface area (Å²) in [7, 11) is -3.38. The topological polar surface area (TPSA) is 204 Å². The largest absolute Gasteiger partial charge is 0.411 e. The van der Waals surface area contributed by atoms with E-state index < -0.39 is 74.2 Å². The number of rotatable bonds is 9. The van der Waals surface area contributed by atoms with Crippen molar-refractivity contribution in [3.63, 3.8) is 0 Å². The summed E-state index contributed by atoms with van der Waals surface area (Å²) in [5.41, 5.74) is 3.47. The number of nitrogens with zero attached hydrogens (tertiary/aromatic N) is 2. The molecule has 5 atom stereocenters. The van der Waals surface area contributed by atoms with E-state index in [4.69, 9.17) is 15.0 Å². The Labute approximate surface area is 185 Å². The molecule has 1 saturated heterocycles. The maximum atomic E-state index is 14.6. The number of aliphatic hydroxyl groups excluding tert-OH is 1. The zero-order valence-electron chi connectivity index (χ0n) is 17.7. The zero-order valence-corrected chi connectivity index (χ0v) is 18.6. The minimum Gasteiger partial charge on any atom is -0.391 e. The number of hydrogen-bond donors (Lipinski definition) is 5. The van der Waals surface area contributed by atoms with Crippen LogP contribution in [-0.4, -0.2) is 69.4 Å². The molecule has 1 fully saturated rings. The standard InChI is InChI=1S/C16H24F2N5O9P/c1-7(2)10(12(25)20-3)22-33(28,29)30-6-8-11(24)16(17,18)13(31-8)23-5-4-9(21-15(23)27)32-14(19)26/h4-5,7-8,10-11,13,24H,6H2,1-3H3,(H2,19,26)(H,20,25)(H2,22,28,29)/t8-,10+,11-,13-/m1/s1. The second-order valence-electron chi connectivity index (χ2n) is 7.30. The average Bonchev–Trinajstić information content (AvgIpc) is 2.93. The Bertz CT molecular complexity index is 991. The van der Waals surface area contributed by atoms with Crippen molar-refractivity contribution >= 4 is 19.7 Å². The van der Waals surface area contributed by atoms with Gasteiger partial charge in [-0.2, -0.15) is 13.8 Å². The van der Waals surface area contributed by atoms with Gasteiger partial charge in [0.05, 0.1) is 12.6 Å². The predicted octanol–water partition coefficient (Wildman–Crippen LogP) is -0.928. The Kier molecular flexibility index (Phi) is 8.27. The smallest absolute Gasteiger partial charge is 0.391 e. The van der Waals surface area contributed by atoms with Crippen molar-refractivity contribution in [2.45, 2.75) is 44.2 Å². The van der Waals surface area contributed by atoms with Crippen molar-refractivity contribution in [3.05, 3.63) is 22.7 Å². The molecule has 14 nitrogen and oxygen atoms in total. The summed E-state index contributed by atoms with van der Waals surface area (Å²) in [5.74, 6) is -5.63. The van der Waals surface area contributed by atoms with Crippen molar-refractivity contribution in [1.29, 1.82) is 0 Å². The maximum Gasteiger partial charge on any atom is 0.411 e. The highest BCUT2D eigenvalue weighted by atomic mass is 31.2. The number of carbonyl (C=O) groups excluding carboxylic acids is 2. The summed E-state index contributed by atoms with van der Waals surface area (Å²) >= 11 is 0. The molecule has 1 aliphatic rings. The molecule has 2 rings (SSSR count). The van der Waals surface area contributed by atoms with Crippen LogP contribution in [-0.2, 0) is 18.6 Å². The van der Waals surface area contributed by atoms with E-state index in [0.717, 1.165) is 12.3 Å². The van der Waals surface area contributed by atoms with Crippen LogP contribution >= 0.6 is 7.75 Å². The molecule has 0 aliphatic carbocycles. The van der Waals surface area contributed by atoms with E-state index in [1.54, 1.807) is 13.8 Å². The number of likely N-dealkylation sites (N-methyl/N-ethyl adjacent to an activating group) is 1. The number of carbonyl (C=O) groups is 2. The normalized spacial score (nSPS) is 24.8. The third-order valence-corrected chi connectivity index (χ3v) is 5.66. The van der Waals surface area contributed by atoms with E-state index in [1.807, 2.05) is 0 Å². The first-order valence-electron chi connectivity index (χ1n) is 9.44. The van der Waals surface area contributed by atoms with Crippen molar-refractivity contribution in [3.8, 4) is 5.88 Å². The Hall–Kier alpha value is -2.49. The molecule has 2 heterocycles. The van der Waals surface area contributed by atoms with Crippen molar-refractivity contribution < 1.29 is 46.9 Å². The summed E-state index contributed by atoms with van der Waals surface area (Å²) in [4.78, 5) is 47.9. The van der Waals surface area contributed by atoms with Gasteiger partial charge in [-0.05, 0) is 5.92 Å². The van der Waals surface area contributed by atoms with Crippen LogP contribution in [0.2, 0.25) is 0 Å². The lowest BCUT2D eigenvalue weighted by atomic mass is 10.1. The van der Waals surface area contributed by atoms with Crippen LogP contribution in [0.25, 0.3) is 0 Å². The van der Waals surface area contributed by atoms with Crippen LogP contribution in [0, 0.1) is 5.92 Å². The molecule has 1 aromatic rings. The van der Waals surface area contributed by atoms with E-state index in [2.05, 4.69) is 20.1 Å². The van der Waals surface area contributed by atoms with Gasteiger partial charge in [-0.15, -0.1) is 0 Å². The summed E-state index contributed by atoms with van der Waals surface area (Å²) < 4.78 is 56.0. The summed E-state index contributed by atoms with van der Waals surface area (Å²) in [5, 5.41) is 14.4. The number of amides is 2. The van der Waals surface area contributed by atoms with Gasteiger partial charge in [-0.3, -0.25) is 13.9 Å². The van der Waals surface area contributed by atoms with Crippen LogP contribution in [0.4, 0.5) is 13.6 Å². The molecule has 2 amide bonds. The first-order chi connectivity index (χ1) is 15.2. The molecule has 186 valence electrons. The number of halogens is 2. The molecule has 1 unspecified atom stereocenters. The Morgan fingerprint density at radius 2 is 2.09 bits per heavy atom. The van der Waals surface area contributed by atoms with Crippen molar-refractivity contribution in [2.24, 2.45) is 11.7 Å². The molecular weight excluding hydrogens is 475 g/mol. The van der Waals surface area contributed by atoms with Gasteiger partial charge in [0.15, 0.2) is 6.10 Å². The fourth-order valence-corrected chi connectivity index (χ4v) is 4.09. The van der Waals surface area contributed by atoms with Gasteiger partial charge in [-0.1, -0.05) is 13.8 Å². The third-order valence-electron chi connectivity index (χ3n) is 4.55. The number of nitrogens with one attached hydrogen (secondary N) is 2. The second kappa shape index (κ2) is 10.2. The van der Waals surface area contributed by atoms with Crippen molar-refractivity contribution in [1.82, 2.24) is 20.0 Å². The minimum absolute atomic E-state index is 0.328. The van der Waals surface area contributed by atoms with E-state index in [0.29, 0.717) is 4.57 Å². The lowest BCUT2D eigenvalue weighted by molar-refractivity contribution is -0.141. The number of aliphatic hydroxyl groups is 1. The lowest BCUT2D eigenvalue weighted by Gasteiger charge is -2.24. The number of nitrogens with two attached hydrogens (primary N) is 1. The van der Waals surface area contributed by atoms with Gasteiger partial charge >= 0.3 is 25.5 Å². The van der Waals surface area contributed by atoms with E-state index >= 15 is 0 Å². The fourth-order valence-electron chi connectivity index (χ4n) is 2.90. The van der Waals surface area contributed by atoms with E-state index in [-0.39, 0.29) is 0 Å². The van der Waals surface area contributed by atoms with Gasteiger partial charge in [0.2, 0.25) is 18.0 Å². The molecule has 17 heteroatoms. The fraction of sp³-hybridized carbons (Fsp3) is 0.625. The Morgan fingerprint density at radius 1 is 1.45 bits per heavy atom. The number of ether oxygens (including phenoxy) is 2. The minimum atomic E-state index is -4.70. The number of hydrogen-bond acceptors (Lipinski definition) is 9. The molecule has 0 saturated carbocycles. The van der Waals surface area contributed by atoms with Gasteiger partial charge in [0, 0.05) is 19.3 Å². The van der Waals surface area contributed by atoms with Gasteiger partial charge in [-0.25, -0.2) is 19.2 Å². The average molecular weight is 499 g/mol. The first kappa shape index (κ1) is 26.8. The van der Waals surface area contributed by atoms with Crippen LogP contribution in [0.5, 0.6) is 5.88 Å². The summed E-state index contributed by atoms with van der Waals surface area (Å²) in [6, 6.07) is -0.251. The zero-order chi connectivity index (χ0) is 25.1. The molecular formula is C16H24F2N5O9P.